The van der Waals surface area contributed by atoms with Gasteiger partial charge in [0.25, 0.3) is 5.91 Å². The first-order chi connectivity index (χ1) is 14.0. The fourth-order valence-corrected chi connectivity index (χ4v) is 3.95. The molecule has 1 aliphatic heterocycles. The van der Waals surface area contributed by atoms with Gasteiger partial charge in [0.1, 0.15) is 0 Å². The van der Waals surface area contributed by atoms with E-state index < -0.39 is 11.6 Å². The maximum Gasteiger partial charge on any atom is 0.289 e. The molecule has 1 N–H and O–H groups in total. The Hall–Kier alpha value is -3.07. The monoisotopic (exact) mass is 417 g/mol. The number of hydrogen-bond donors (Lipinski definition) is 1. The zero-order valence-electron chi connectivity index (χ0n) is 15.2. The van der Waals surface area contributed by atoms with Crippen LogP contribution in [0.1, 0.15) is 23.4 Å². The minimum atomic E-state index is -0.947. The Morgan fingerprint density at radius 3 is 2.66 bits per heavy atom. The topological polar surface area (TPSA) is 75.4 Å². The molecular weight excluding hydrogens is 400 g/mol. The van der Waals surface area contributed by atoms with Gasteiger partial charge >= 0.3 is 0 Å². The first kappa shape index (κ1) is 19.3. The second-order valence-electron chi connectivity index (χ2n) is 6.70. The molecule has 3 aromatic rings. The van der Waals surface area contributed by atoms with Crippen molar-refractivity contribution in [3.05, 3.63) is 59.4 Å². The van der Waals surface area contributed by atoms with Crippen molar-refractivity contribution in [1.29, 1.82) is 0 Å². The summed E-state index contributed by atoms with van der Waals surface area (Å²) in [7, 11) is 0. The normalized spacial score (nSPS) is 14.8. The van der Waals surface area contributed by atoms with Crippen LogP contribution < -0.4 is 5.32 Å². The largest absolute Gasteiger partial charge is 0.459 e. The van der Waals surface area contributed by atoms with E-state index in [1.807, 2.05) is 0 Å². The average molecular weight is 417 g/mol. The summed E-state index contributed by atoms with van der Waals surface area (Å²) in [6.45, 7) is 0.936. The molecule has 0 unspecified atom stereocenters. The predicted octanol–water partition coefficient (Wildman–Crippen LogP) is 4.17. The number of nitrogens with zero attached hydrogens (tertiary/aromatic N) is 2. The molecule has 2 amide bonds. The van der Waals surface area contributed by atoms with Crippen molar-refractivity contribution < 1.29 is 22.8 Å². The highest BCUT2D eigenvalue weighted by Crippen LogP contribution is 2.27. The van der Waals surface area contributed by atoms with Gasteiger partial charge in [0.05, 0.1) is 12.0 Å². The maximum atomic E-state index is 13.4. The Balaban J connectivity index is 1.34. The number of aromatic nitrogens is 1. The van der Waals surface area contributed by atoms with E-state index in [0.29, 0.717) is 48.1 Å². The molecule has 29 heavy (non-hydrogen) atoms. The summed E-state index contributed by atoms with van der Waals surface area (Å²) in [5, 5.41) is 4.84. The van der Waals surface area contributed by atoms with Crippen molar-refractivity contribution in [2.75, 3.05) is 18.4 Å². The minimum absolute atomic E-state index is 0.165. The first-order valence-electron chi connectivity index (χ1n) is 9.06. The van der Waals surface area contributed by atoms with Crippen LogP contribution in [-0.4, -0.2) is 34.8 Å². The molecule has 150 valence electrons. The lowest BCUT2D eigenvalue weighted by atomic mass is 9.96. The lowest BCUT2D eigenvalue weighted by Gasteiger charge is -2.30. The third kappa shape index (κ3) is 4.19. The highest BCUT2D eigenvalue weighted by molar-refractivity contribution is 7.14. The molecule has 0 radical (unpaired) electrons. The van der Waals surface area contributed by atoms with Gasteiger partial charge in [0, 0.05) is 30.0 Å². The SMILES string of the molecule is O=C(Nc1nc(-c2ccc(F)c(F)c2)cs1)C1CCN(C(=O)c2ccco2)CC1. The molecule has 0 saturated carbocycles. The smallest absolute Gasteiger partial charge is 0.289 e. The van der Waals surface area contributed by atoms with Crippen LogP contribution in [0.25, 0.3) is 11.3 Å². The van der Waals surface area contributed by atoms with Crippen LogP contribution in [0.4, 0.5) is 13.9 Å². The summed E-state index contributed by atoms with van der Waals surface area (Å²) in [5.74, 6) is -2.15. The van der Waals surface area contributed by atoms with E-state index in [-0.39, 0.29) is 17.7 Å². The maximum absolute atomic E-state index is 13.4. The number of amides is 2. The predicted molar refractivity (Wildman–Crippen MR) is 103 cm³/mol. The molecule has 1 aromatic carbocycles. The fraction of sp³-hybridized carbons (Fsp3) is 0.250. The standard InChI is InChI=1S/C20H17F2N3O3S/c21-14-4-3-13(10-15(14)22)16-11-29-20(23-16)24-18(26)12-5-7-25(8-6-12)19(27)17-2-1-9-28-17/h1-4,9-12H,5-8H2,(H,23,24,26). The van der Waals surface area contributed by atoms with Gasteiger partial charge in [0.2, 0.25) is 5.91 Å². The summed E-state index contributed by atoms with van der Waals surface area (Å²) >= 11 is 1.21. The van der Waals surface area contributed by atoms with Crippen molar-refractivity contribution in [2.45, 2.75) is 12.8 Å². The number of rotatable bonds is 4. The van der Waals surface area contributed by atoms with Crippen molar-refractivity contribution in [3.8, 4) is 11.3 Å². The molecule has 0 spiro atoms. The number of hydrogen-bond acceptors (Lipinski definition) is 5. The first-order valence-corrected chi connectivity index (χ1v) is 9.94. The van der Waals surface area contributed by atoms with Crippen LogP contribution in [0.5, 0.6) is 0 Å². The van der Waals surface area contributed by atoms with E-state index in [1.165, 1.54) is 23.7 Å². The second-order valence-corrected chi connectivity index (χ2v) is 7.56. The van der Waals surface area contributed by atoms with Gasteiger partial charge in [-0.1, -0.05) is 0 Å². The van der Waals surface area contributed by atoms with E-state index in [0.717, 1.165) is 12.1 Å². The molecule has 1 saturated heterocycles. The number of furan rings is 1. The second kappa shape index (κ2) is 8.12. The van der Waals surface area contributed by atoms with E-state index in [9.17, 15) is 18.4 Å². The van der Waals surface area contributed by atoms with Gasteiger partial charge in [-0.05, 0) is 43.2 Å². The number of likely N-dealkylation sites (tertiary alicyclic amines) is 1. The Morgan fingerprint density at radius 2 is 1.97 bits per heavy atom. The Morgan fingerprint density at radius 1 is 1.17 bits per heavy atom. The molecule has 1 aliphatic rings. The molecule has 1 fully saturated rings. The molecule has 4 rings (SSSR count). The summed E-state index contributed by atoms with van der Waals surface area (Å²) < 4.78 is 31.6. The van der Waals surface area contributed by atoms with Gasteiger partial charge in [-0.2, -0.15) is 0 Å². The highest BCUT2D eigenvalue weighted by atomic mass is 32.1. The number of nitrogens with one attached hydrogen (secondary N) is 1. The summed E-state index contributed by atoms with van der Waals surface area (Å²) in [5.41, 5.74) is 0.897. The van der Waals surface area contributed by atoms with E-state index in [1.54, 1.807) is 22.4 Å². The van der Waals surface area contributed by atoms with Crippen LogP contribution in [-0.2, 0) is 4.79 Å². The minimum Gasteiger partial charge on any atom is -0.459 e. The van der Waals surface area contributed by atoms with Crippen molar-refractivity contribution in [2.24, 2.45) is 5.92 Å². The number of halogens is 2. The lowest BCUT2D eigenvalue weighted by molar-refractivity contribution is -0.121. The third-order valence-corrected chi connectivity index (χ3v) is 5.59. The summed E-state index contributed by atoms with van der Waals surface area (Å²) in [4.78, 5) is 30.8. The Kier molecular flexibility index (Phi) is 5.39. The molecule has 0 aliphatic carbocycles. The molecule has 2 aromatic heterocycles. The molecule has 9 heteroatoms. The number of carbonyl (C=O) groups excluding carboxylic acids is 2. The quantitative estimate of drug-likeness (QED) is 0.691. The molecule has 3 heterocycles. The number of piperidine rings is 1. The van der Waals surface area contributed by atoms with Crippen LogP contribution in [0, 0.1) is 17.6 Å². The van der Waals surface area contributed by atoms with Gasteiger partial charge in [-0.3, -0.25) is 9.59 Å². The van der Waals surface area contributed by atoms with E-state index in [2.05, 4.69) is 10.3 Å². The Labute approximate surface area is 169 Å². The zero-order chi connectivity index (χ0) is 20.4. The van der Waals surface area contributed by atoms with Crippen LogP contribution >= 0.6 is 11.3 Å². The summed E-state index contributed by atoms with van der Waals surface area (Å²) in [6.07, 6.45) is 2.54. The van der Waals surface area contributed by atoms with Gasteiger partial charge in [-0.15, -0.1) is 11.3 Å². The van der Waals surface area contributed by atoms with Gasteiger partial charge < -0.3 is 14.6 Å². The van der Waals surface area contributed by atoms with E-state index in [4.69, 9.17) is 4.42 Å². The Bertz CT molecular complexity index is 1030. The zero-order valence-corrected chi connectivity index (χ0v) is 16.0. The van der Waals surface area contributed by atoms with Crippen molar-refractivity contribution in [3.63, 3.8) is 0 Å². The van der Waals surface area contributed by atoms with Gasteiger partial charge in [0.15, 0.2) is 22.5 Å². The molecule has 0 atom stereocenters. The third-order valence-electron chi connectivity index (χ3n) is 4.83. The van der Waals surface area contributed by atoms with Gasteiger partial charge in [-0.25, -0.2) is 13.8 Å². The lowest BCUT2D eigenvalue weighted by Crippen LogP contribution is -2.41. The van der Waals surface area contributed by atoms with Crippen LogP contribution in [0.2, 0.25) is 0 Å². The number of anilines is 1. The molecule has 6 nitrogen and oxygen atoms in total. The summed E-state index contributed by atoms with van der Waals surface area (Å²) in [6, 6.07) is 6.83. The van der Waals surface area contributed by atoms with E-state index >= 15 is 0 Å². The number of carbonyl (C=O) groups is 2. The average Bonchev–Trinajstić information content (AvgIpc) is 3.42. The fourth-order valence-electron chi connectivity index (χ4n) is 3.23. The van der Waals surface area contributed by atoms with Crippen molar-refractivity contribution >= 4 is 28.3 Å². The van der Waals surface area contributed by atoms with Crippen LogP contribution in [0.15, 0.2) is 46.4 Å². The van der Waals surface area contributed by atoms with Crippen LogP contribution in [0.3, 0.4) is 0 Å². The molecule has 0 bridgehead atoms. The van der Waals surface area contributed by atoms with Crippen molar-refractivity contribution in [1.82, 2.24) is 9.88 Å². The molecular formula is C20H17F2N3O3S. The number of benzene rings is 1. The highest BCUT2D eigenvalue weighted by Gasteiger charge is 2.29. The number of thiazole rings is 1.